The van der Waals surface area contributed by atoms with Crippen LogP contribution in [0.5, 0.6) is 0 Å². The third kappa shape index (κ3) is 5.07. The summed E-state index contributed by atoms with van der Waals surface area (Å²) in [5.74, 6) is 0. The van der Waals surface area contributed by atoms with Crippen LogP contribution in [0.3, 0.4) is 0 Å². The summed E-state index contributed by atoms with van der Waals surface area (Å²) in [4.78, 5) is 0. The Bertz CT molecular complexity index is 755. The standard InChI is InChI=1S/C12H16NSi.CHF3O3S/c1-14(2,3)13-9-8-11-6-4-5-7-12(11)10-13;2-1(3,4)8(5,6)7/h4-10H,1-3H3;(H,5,6,7)/q+1;/p-1. The number of hydrogen-bond donors (Lipinski definition) is 0. The summed E-state index contributed by atoms with van der Waals surface area (Å²) in [5, 5.41) is 2.65. The van der Waals surface area contributed by atoms with Crippen LogP contribution in [-0.2, 0) is 10.1 Å². The fraction of sp³-hybridized carbons (Fsp3) is 0.308. The van der Waals surface area contributed by atoms with E-state index in [0.717, 1.165) is 0 Å². The predicted octanol–water partition coefficient (Wildman–Crippen LogP) is 2.86. The van der Waals surface area contributed by atoms with Crippen molar-refractivity contribution in [3.63, 3.8) is 0 Å². The van der Waals surface area contributed by atoms with Crippen molar-refractivity contribution in [1.29, 1.82) is 0 Å². The maximum absolute atomic E-state index is 10.7. The molecule has 22 heavy (non-hydrogen) atoms. The van der Waals surface area contributed by atoms with Gasteiger partial charge in [-0.2, -0.15) is 13.2 Å². The molecular weight excluding hydrogens is 335 g/mol. The number of alkyl halides is 3. The van der Waals surface area contributed by atoms with Gasteiger partial charge in [-0.05, 0) is 31.1 Å². The number of pyridine rings is 1. The first kappa shape index (κ1) is 18.6. The van der Waals surface area contributed by atoms with Gasteiger partial charge in [0.1, 0.15) is 6.20 Å². The SMILES string of the molecule is C[Si](C)(C)[n+]1ccc2ccccc2c1.O=S(=O)([O-])C(F)(F)F. The largest absolute Gasteiger partial charge is 0.741 e. The monoisotopic (exact) mass is 351 g/mol. The number of nitrogens with zero attached hydrogens (tertiary/aromatic N) is 1. The van der Waals surface area contributed by atoms with Gasteiger partial charge in [-0.25, -0.2) is 8.42 Å². The Labute approximate surface area is 128 Å². The second-order valence-electron chi connectivity index (χ2n) is 5.55. The molecule has 4 nitrogen and oxygen atoms in total. The molecule has 0 bridgehead atoms. The van der Waals surface area contributed by atoms with Crippen LogP contribution >= 0.6 is 0 Å². The molecule has 1 heterocycles. The van der Waals surface area contributed by atoms with Crippen molar-refractivity contribution in [2.24, 2.45) is 0 Å². The topological polar surface area (TPSA) is 61.1 Å². The van der Waals surface area contributed by atoms with Crippen LogP contribution in [0, 0.1) is 0 Å². The summed E-state index contributed by atoms with van der Waals surface area (Å²) in [7, 11) is -7.32. The third-order valence-electron chi connectivity index (χ3n) is 2.75. The molecule has 0 spiro atoms. The number of rotatable bonds is 1. The number of aromatic nitrogens is 1. The smallest absolute Gasteiger partial charge is 0.485 e. The second kappa shape index (κ2) is 6.35. The zero-order valence-corrected chi connectivity index (χ0v) is 14.1. The molecule has 1 aromatic heterocycles. The lowest BCUT2D eigenvalue weighted by molar-refractivity contribution is -0.543. The van der Waals surface area contributed by atoms with Crippen LogP contribution < -0.4 is 4.23 Å². The van der Waals surface area contributed by atoms with Crippen LogP contribution in [0.1, 0.15) is 0 Å². The minimum absolute atomic E-state index is 1.23. The Morgan fingerprint density at radius 1 is 1.05 bits per heavy atom. The van der Waals surface area contributed by atoms with E-state index in [4.69, 9.17) is 13.0 Å². The van der Waals surface area contributed by atoms with Crippen LogP contribution in [0.4, 0.5) is 13.2 Å². The quantitative estimate of drug-likeness (QED) is 0.451. The Balaban J connectivity index is 0.000000261. The molecule has 0 atom stereocenters. The molecule has 9 heteroatoms. The van der Waals surface area contributed by atoms with E-state index in [-0.39, 0.29) is 0 Å². The Morgan fingerprint density at radius 2 is 1.50 bits per heavy atom. The van der Waals surface area contributed by atoms with Crippen molar-refractivity contribution in [2.75, 3.05) is 0 Å². The summed E-state index contributed by atoms with van der Waals surface area (Å²) in [5.41, 5.74) is -5.65. The summed E-state index contributed by atoms with van der Waals surface area (Å²) < 4.78 is 61.3. The number of fused-ring (bicyclic) bond motifs is 1. The second-order valence-corrected chi connectivity index (χ2v) is 11.8. The third-order valence-corrected chi connectivity index (χ3v) is 5.14. The van der Waals surface area contributed by atoms with Gasteiger partial charge < -0.3 is 4.55 Å². The van der Waals surface area contributed by atoms with Gasteiger partial charge in [0.15, 0.2) is 16.3 Å². The number of benzene rings is 1. The van der Waals surface area contributed by atoms with E-state index in [2.05, 4.69) is 66.6 Å². The zero-order chi connectivity index (χ0) is 17.2. The fourth-order valence-corrected chi connectivity index (χ4v) is 2.60. The Hall–Kier alpha value is -1.45. The fourth-order valence-electron chi connectivity index (χ4n) is 1.55. The highest BCUT2D eigenvalue weighted by atomic mass is 32.2. The van der Waals surface area contributed by atoms with Gasteiger partial charge in [0, 0.05) is 11.5 Å². The zero-order valence-electron chi connectivity index (χ0n) is 12.3. The number of hydrogen-bond acceptors (Lipinski definition) is 3. The van der Waals surface area contributed by atoms with E-state index < -0.39 is 23.9 Å². The molecule has 0 radical (unpaired) electrons. The molecule has 0 amide bonds. The highest BCUT2D eigenvalue weighted by Crippen LogP contribution is 2.20. The molecule has 2 aromatic rings. The summed E-state index contributed by atoms with van der Waals surface area (Å²) in [6, 6.07) is 10.7. The van der Waals surface area contributed by atoms with E-state index in [0.29, 0.717) is 0 Å². The summed E-state index contributed by atoms with van der Waals surface area (Å²) in [6.45, 7) is 7.05. The van der Waals surface area contributed by atoms with Crippen molar-refractivity contribution >= 4 is 29.1 Å². The molecule has 0 N–H and O–H groups in total. The first-order valence-electron chi connectivity index (χ1n) is 6.25. The molecule has 0 saturated heterocycles. The molecule has 0 saturated carbocycles. The average Bonchev–Trinajstić information content (AvgIpc) is 2.35. The van der Waals surface area contributed by atoms with E-state index in [1.165, 1.54) is 10.8 Å². The van der Waals surface area contributed by atoms with Crippen LogP contribution in [0.25, 0.3) is 10.8 Å². The minimum Gasteiger partial charge on any atom is -0.741 e. The van der Waals surface area contributed by atoms with Crippen molar-refractivity contribution in [3.05, 3.63) is 42.7 Å². The van der Waals surface area contributed by atoms with E-state index in [1.807, 2.05) is 0 Å². The molecule has 0 aliphatic rings. The first-order chi connectivity index (χ1) is 9.82. The van der Waals surface area contributed by atoms with Gasteiger partial charge in [-0.1, -0.05) is 18.2 Å². The van der Waals surface area contributed by atoms with Crippen LogP contribution in [-0.4, -0.2) is 26.7 Å². The maximum Gasteiger partial charge on any atom is 0.485 e. The van der Waals surface area contributed by atoms with Gasteiger partial charge in [0.2, 0.25) is 0 Å². The maximum atomic E-state index is 10.7. The normalized spacial score (nSPS) is 12.7. The van der Waals surface area contributed by atoms with E-state index in [9.17, 15) is 13.2 Å². The Kier molecular flexibility index (Phi) is 5.37. The van der Waals surface area contributed by atoms with Crippen molar-refractivity contribution < 1.29 is 30.4 Å². The summed E-state index contributed by atoms with van der Waals surface area (Å²) in [6.07, 6.45) is 4.47. The van der Waals surface area contributed by atoms with Crippen molar-refractivity contribution in [2.45, 2.75) is 25.1 Å². The lowest BCUT2D eigenvalue weighted by Crippen LogP contribution is -2.57. The van der Waals surface area contributed by atoms with E-state index in [1.54, 1.807) is 0 Å². The highest BCUT2D eigenvalue weighted by Gasteiger charge is 2.36. The van der Waals surface area contributed by atoms with Crippen LogP contribution in [0.2, 0.25) is 19.6 Å². The minimum atomic E-state index is -6.09. The molecule has 0 fully saturated rings. The van der Waals surface area contributed by atoms with Gasteiger partial charge >= 0.3 is 13.7 Å². The van der Waals surface area contributed by atoms with E-state index >= 15 is 0 Å². The van der Waals surface area contributed by atoms with Crippen LogP contribution in [0.15, 0.2) is 42.7 Å². The molecule has 0 aliphatic carbocycles. The van der Waals surface area contributed by atoms with Gasteiger partial charge in [-0.3, -0.25) is 4.23 Å². The van der Waals surface area contributed by atoms with Crippen molar-refractivity contribution in [3.8, 4) is 0 Å². The number of halogens is 3. The summed E-state index contributed by atoms with van der Waals surface area (Å²) >= 11 is 0. The molecule has 1 aromatic carbocycles. The van der Waals surface area contributed by atoms with Gasteiger partial charge in [0.25, 0.3) is 0 Å². The predicted molar refractivity (Wildman–Crippen MR) is 78.6 cm³/mol. The molecule has 0 aliphatic heterocycles. The first-order valence-corrected chi connectivity index (χ1v) is 11.1. The van der Waals surface area contributed by atoms with Gasteiger partial charge in [-0.15, -0.1) is 0 Å². The highest BCUT2D eigenvalue weighted by molar-refractivity contribution is 7.86. The molecule has 2 rings (SSSR count). The lowest BCUT2D eigenvalue weighted by Gasteiger charge is -2.09. The molecule has 122 valence electrons. The Morgan fingerprint density at radius 3 is 1.91 bits per heavy atom. The molecule has 0 unspecified atom stereocenters. The average molecular weight is 351 g/mol. The molecular formula is C13H16F3NO3SSi. The van der Waals surface area contributed by atoms with Crippen molar-refractivity contribution in [1.82, 2.24) is 0 Å². The lowest BCUT2D eigenvalue weighted by atomic mass is 10.2. The van der Waals surface area contributed by atoms with Gasteiger partial charge in [0.05, 0.1) is 0 Å².